The number of nitrogens with two attached hydrogens (primary N) is 1. The quantitative estimate of drug-likeness (QED) is 0.637. The standard InChI is InChI=1S/C11H21NO/c1-9(2)11(6-7-11)5-3-4-10(12)8-13/h3-4,9-10,13H,5-8,12H2,1-2H3. The van der Waals surface area contributed by atoms with Gasteiger partial charge in [0.05, 0.1) is 6.61 Å². The van der Waals surface area contributed by atoms with Crippen LogP contribution in [0.25, 0.3) is 0 Å². The third kappa shape index (κ3) is 2.82. The van der Waals surface area contributed by atoms with Gasteiger partial charge in [0.2, 0.25) is 0 Å². The zero-order valence-electron chi connectivity index (χ0n) is 8.66. The molecule has 3 N–H and O–H groups in total. The number of hydrogen-bond donors (Lipinski definition) is 2. The molecule has 1 fully saturated rings. The van der Waals surface area contributed by atoms with Crippen LogP contribution in [0.3, 0.4) is 0 Å². The van der Waals surface area contributed by atoms with Crippen LogP contribution in [0.1, 0.15) is 33.1 Å². The Morgan fingerprint density at radius 2 is 2.08 bits per heavy atom. The summed E-state index contributed by atoms with van der Waals surface area (Å²) in [5.41, 5.74) is 6.12. The molecule has 0 aliphatic heterocycles. The van der Waals surface area contributed by atoms with Crippen LogP contribution in [0, 0.1) is 11.3 Å². The van der Waals surface area contributed by atoms with Crippen LogP contribution in [0.5, 0.6) is 0 Å². The molecule has 0 aromatic carbocycles. The van der Waals surface area contributed by atoms with E-state index in [0.717, 1.165) is 12.3 Å². The fourth-order valence-electron chi connectivity index (χ4n) is 1.72. The van der Waals surface area contributed by atoms with Crippen molar-refractivity contribution in [2.45, 2.75) is 39.2 Å². The molecule has 1 rings (SSSR count). The Kier molecular flexibility index (Phi) is 3.51. The van der Waals surface area contributed by atoms with Crippen molar-refractivity contribution in [2.24, 2.45) is 17.1 Å². The topological polar surface area (TPSA) is 46.2 Å². The molecule has 2 nitrogen and oxygen atoms in total. The van der Waals surface area contributed by atoms with E-state index < -0.39 is 0 Å². The Balaban J connectivity index is 2.30. The molecule has 0 heterocycles. The molecular formula is C11H21NO. The van der Waals surface area contributed by atoms with Gasteiger partial charge in [-0.05, 0) is 30.6 Å². The van der Waals surface area contributed by atoms with E-state index in [-0.39, 0.29) is 12.6 Å². The summed E-state index contributed by atoms with van der Waals surface area (Å²) in [6, 6.07) is -0.178. The Morgan fingerprint density at radius 3 is 2.46 bits per heavy atom. The molecule has 1 saturated carbocycles. The molecule has 0 aromatic rings. The fourth-order valence-corrected chi connectivity index (χ4v) is 1.72. The van der Waals surface area contributed by atoms with Crippen molar-refractivity contribution in [3.8, 4) is 0 Å². The van der Waals surface area contributed by atoms with Crippen molar-refractivity contribution in [2.75, 3.05) is 6.61 Å². The highest BCUT2D eigenvalue weighted by atomic mass is 16.3. The average molecular weight is 183 g/mol. The first-order valence-electron chi connectivity index (χ1n) is 5.14. The smallest absolute Gasteiger partial charge is 0.0618 e. The van der Waals surface area contributed by atoms with Crippen LogP contribution in [0.15, 0.2) is 12.2 Å². The summed E-state index contributed by atoms with van der Waals surface area (Å²) in [7, 11) is 0. The van der Waals surface area contributed by atoms with Crippen molar-refractivity contribution in [1.29, 1.82) is 0 Å². The summed E-state index contributed by atoms with van der Waals surface area (Å²) >= 11 is 0. The van der Waals surface area contributed by atoms with E-state index >= 15 is 0 Å². The molecule has 0 saturated heterocycles. The van der Waals surface area contributed by atoms with Gasteiger partial charge in [0.15, 0.2) is 0 Å². The zero-order chi connectivity index (χ0) is 9.90. The lowest BCUT2D eigenvalue weighted by Gasteiger charge is -2.17. The molecule has 0 aromatic heterocycles. The monoisotopic (exact) mass is 183 g/mol. The molecule has 1 unspecified atom stereocenters. The van der Waals surface area contributed by atoms with Gasteiger partial charge in [0, 0.05) is 6.04 Å². The van der Waals surface area contributed by atoms with Gasteiger partial charge in [-0.15, -0.1) is 0 Å². The highest BCUT2D eigenvalue weighted by molar-refractivity contribution is 5.03. The minimum Gasteiger partial charge on any atom is -0.394 e. The van der Waals surface area contributed by atoms with Gasteiger partial charge < -0.3 is 10.8 Å². The van der Waals surface area contributed by atoms with Crippen LogP contribution in [0.2, 0.25) is 0 Å². The molecule has 13 heavy (non-hydrogen) atoms. The van der Waals surface area contributed by atoms with Gasteiger partial charge >= 0.3 is 0 Å². The van der Waals surface area contributed by atoms with Gasteiger partial charge in [0.25, 0.3) is 0 Å². The number of rotatable bonds is 5. The molecule has 0 spiro atoms. The maximum absolute atomic E-state index is 8.71. The molecule has 1 aliphatic carbocycles. The van der Waals surface area contributed by atoms with Crippen molar-refractivity contribution < 1.29 is 5.11 Å². The minimum atomic E-state index is -0.178. The summed E-state index contributed by atoms with van der Waals surface area (Å²) in [6.07, 6.45) is 7.88. The van der Waals surface area contributed by atoms with E-state index in [1.54, 1.807) is 0 Å². The van der Waals surface area contributed by atoms with Gasteiger partial charge in [-0.25, -0.2) is 0 Å². The van der Waals surface area contributed by atoms with E-state index in [4.69, 9.17) is 10.8 Å². The summed E-state index contributed by atoms with van der Waals surface area (Å²) < 4.78 is 0. The Hall–Kier alpha value is -0.340. The second-order valence-electron chi connectivity index (χ2n) is 4.50. The lowest BCUT2D eigenvalue weighted by atomic mass is 9.89. The Morgan fingerprint density at radius 1 is 1.46 bits per heavy atom. The maximum atomic E-state index is 8.71. The fraction of sp³-hybridized carbons (Fsp3) is 0.818. The second-order valence-corrected chi connectivity index (χ2v) is 4.50. The minimum absolute atomic E-state index is 0.0468. The van der Waals surface area contributed by atoms with Gasteiger partial charge in [-0.2, -0.15) is 0 Å². The molecule has 0 amide bonds. The van der Waals surface area contributed by atoms with Crippen molar-refractivity contribution >= 4 is 0 Å². The van der Waals surface area contributed by atoms with Gasteiger partial charge in [-0.3, -0.25) is 0 Å². The maximum Gasteiger partial charge on any atom is 0.0618 e. The first kappa shape index (κ1) is 10.7. The Labute approximate surface area is 80.8 Å². The van der Waals surface area contributed by atoms with Crippen molar-refractivity contribution in [1.82, 2.24) is 0 Å². The van der Waals surface area contributed by atoms with Crippen LogP contribution in [-0.4, -0.2) is 17.8 Å². The van der Waals surface area contributed by atoms with Crippen molar-refractivity contribution in [3.63, 3.8) is 0 Å². The lowest BCUT2D eigenvalue weighted by Crippen LogP contribution is -2.21. The third-order valence-corrected chi connectivity index (χ3v) is 3.24. The van der Waals surface area contributed by atoms with Gasteiger partial charge in [0.1, 0.15) is 0 Å². The summed E-state index contributed by atoms with van der Waals surface area (Å²) in [6.45, 7) is 4.62. The normalized spacial score (nSPS) is 22.5. The van der Waals surface area contributed by atoms with Gasteiger partial charge in [-0.1, -0.05) is 26.0 Å². The highest BCUT2D eigenvalue weighted by Crippen LogP contribution is 2.54. The van der Waals surface area contributed by atoms with Crippen molar-refractivity contribution in [3.05, 3.63) is 12.2 Å². The zero-order valence-corrected chi connectivity index (χ0v) is 8.66. The molecule has 1 aliphatic rings. The van der Waals surface area contributed by atoms with Crippen LogP contribution < -0.4 is 5.73 Å². The summed E-state index contributed by atoms with van der Waals surface area (Å²) in [4.78, 5) is 0. The number of aliphatic hydroxyl groups excluding tert-OH is 1. The molecule has 1 atom stereocenters. The predicted octanol–water partition coefficient (Wildman–Crippen LogP) is 1.69. The number of allylic oxidation sites excluding steroid dienone is 1. The predicted molar refractivity (Wildman–Crippen MR) is 55.3 cm³/mol. The highest BCUT2D eigenvalue weighted by Gasteiger charge is 2.43. The number of hydrogen-bond acceptors (Lipinski definition) is 2. The molecule has 2 heteroatoms. The largest absolute Gasteiger partial charge is 0.394 e. The molecular weight excluding hydrogens is 162 g/mol. The second kappa shape index (κ2) is 4.25. The van der Waals surface area contributed by atoms with E-state index in [1.807, 2.05) is 6.08 Å². The van der Waals surface area contributed by atoms with E-state index in [1.165, 1.54) is 12.8 Å². The SMILES string of the molecule is CC(C)C1(CC=CC(N)CO)CC1. The Bertz CT molecular complexity index is 183. The van der Waals surface area contributed by atoms with Crippen LogP contribution >= 0.6 is 0 Å². The average Bonchev–Trinajstić information content (AvgIpc) is 2.85. The molecule has 0 radical (unpaired) electrons. The van der Waals surface area contributed by atoms with E-state index in [0.29, 0.717) is 5.41 Å². The third-order valence-electron chi connectivity index (χ3n) is 3.24. The van der Waals surface area contributed by atoms with Crippen LogP contribution in [0.4, 0.5) is 0 Å². The summed E-state index contributed by atoms with van der Waals surface area (Å²) in [5.74, 6) is 0.766. The summed E-state index contributed by atoms with van der Waals surface area (Å²) in [5, 5.41) is 8.71. The van der Waals surface area contributed by atoms with E-state index in [2.05, 4.69) is 19.9 Å². The number of aliphatic hydroxyl groups is 1. The van der Waals surface area contributed by atoms with Crippen LogP contribution in [-0.2, 0) is 0 Å². The first-order chi connectivity index (χ1) is 6.10. The van der Waals surface area contributed by atoms with E-state index in [9.17, 15) is 0 Å². The first-order valence-corrected chi connectivity index (χ1v) is 5.14. The lowest BCUT2D eigenvalue weighted by molar-refractivity contribution is 0.283. The molecule has 76 valence electrons. The molecule has 0 bridgehead atoms.